The minimum absolute atomic E-state index is 0.0455. The van der Waals surface area contributed by atoms with Gasteiger partial charge in [-0.1, -0.05) is 55.5 Å². The molecule has 0 aromatic heterocycles. The Kier molecular flexibility index (Phi) is 5.83. The second-order valence-corrected chi connectivity index (χ2v) is 6.57. The third-order valence-electron chi connectivity index (χ3n) is 4.42. The normalized spacial score (nSPS) is 18.8. The topological polar surface area (TPSA) is 50.7 Å². The van der Waals surface area contributed by atoms with Gasteiger partial charge in [0.05, 0.1) is 0 Å². The van der Waals surface area contributed by atoms with Crippen molar-refractivity contribution in [3.8, 4) is 16.9 Å². The molecule has 1 fully saturated rings. The van der Waals surface area contributed by atoms with Crippen molar-refractivity contribution in [2.75, 3.05) is 6.61 Å². The number of hydrogen-bond acceptors (Lipinski definition) is 3. The van der Waals surface area contributed by atoms with Crippen LogP contribution in [0.4, 0.5) is 0 Å². The molecular weight excluding hydrogens is 312 g/mol. The van der Waals surface area contributed by atoms with Crippen LogP contribution in [0.3, 0.4) is 0 Å². The first-order valence-electron chi connectivity index (χ1n) is 8.84. The van der Waals surface area contributed by atoms with Crippen molar-refractivity contribution in [2.24, 2.45) is 11.0 Å². The Morgan fingerprint density at radius 2 is 1.92 bits per heavy atom. The van der Waals surface area contributed by atoms with Gasteiger partial charge in [-0.15, -0.1) is 0 Å². The van der Waals surface area contributed by atoms with Gasteiger partial charge in [0.15, 0.2) is 6.61 Å². The Balaban J connectivity index is 1.59. The first-order chi connectivity index (χ1) is 12.2. The molecule has 3 rings (SSSR count). The van der Waals surface area contributed by atoms with Gasteiger partial charge in [-0.3, -0.25) is 4.79 Å². The van der Waals surface area contributed by atoms with E-state index in [-0.39, 0.29) is 12.5 Å². The lowest BCUT2D eigenvalue weighted by atomic mass is 9.89. The molecule has 130 valence electrons. The molecule has 4 nitrogen and oxygen atoms in total. The van der Waals surface area contributed by atoms with Gasteiger partial charge >= 0.3 is 0 Å². The van der Waals surface area contributed by atoms with Gasteiger partial charge < -0.3 is 4.74 Å². The van der Waals surface area contributed by atoms with Crippen LogP contribution in [0.1, 0.15) is 32.6 Å². The third-order valence-corrected chi connectivity index (χ3v) is 4.42. The van der Waals surface area contributed by atoms with Crippen molar-refractivity contribution in [3.63, 3.8) is 0 Å². The fraction of sp³-hybridized carbons (Fsp3) is 0.333. The van der Waals surface area contributed by atoms with Gasteiger partial charge in [-0.2, -0.15) is 5.10 Å². The summed E-state index contributed by atoms with van der Waals surface area (Å²) < 4.78 is 5.73. The SMILES string of the molecule is CC1CCCC(=NNC(=O)COc2ccccc2-c2ccccc2)C1. The molecular formula is C21H24N2O2. The summed E-state index contributed by atoms with van der Waals surface area (Å²) in [5.41, 5.74) is 5.75. The maximum absolute atomic E-state index is 12.0. The standard InChI is InChI=1S/C21H24N2O2/c1-16-8-7-11-18(14-16)22-23-21(24)15-25-20-13-6-5-12-19(20)17-9-3-2-4-10-17/h2-6,9-10,12-13,16H,7-8,11,14-15H2,1H3,(H,23,24). The number of nitrogens with zero attached hydrogens (tertiary/aromatic N) is 1. The molecule has 25 heavy (non-hydrogen) atoms. The zero-order valence-corrected chi connectivity index (χ0v) is 14.6. The van der Waals surface area contributed by atoms with Gasteiger partial charge in [0.25, 0.3) is 5.91 Å². The molecule has 1 unspecified atom stereocenters. The van der Waals surface area contributed by atoms with Crippen LogP contribution in [-0.2, 0) is 4.79 Å². The molecule has 1 amide bonds. The summed E-state index contributed by atoms with van der Waals surface area (Å²) in [6.45, 7) is 2.18. The minimum Gasteiger partial charge on any atom is -0.483 e. The highest BCUT2D eigenvalue weighted by Gasteiger charge is 2.14. The van der Waals surface area contributed by atoms with Crippen molar-refractivity contribution < 1.29 is 9.53 Å². The largest absolute Gasteiger partial charge is 0.483 e. The average molecular weight is 336 g/mol. The van der Waals surface area contributed by atoms with E-state index in [4.69, 9.17) is 4.74 Å². The Hall–Kier alpha value is -2.62. The predicted molar refractivity (Wildman–Crippen MR) is 101 cm³/mol. The summed E-state index contributed by atoms with van der Waals surface area (Å²) in [6, 6.07) is 17.7. The Labute approximate surface area is 148 Å². The second-order valence-electron chi connectivity index (χ2n) is 6.57. The molecule has 1 aliphatic carbocycles. The van der Waals surface area contributed by atoms with Crippen LogP contribution in [0.2, 0.25) is 0 Å². The first-order valence-corrected chi connectivity index (χ1v) is 8.84. The highest BCUT2D eigenvalue weighted by Crippen LogP contribution is 2.29. The summed E-state index contributed by atoms with van der Waals surface area (Å²) in [5.74, 6) is 1.12. The van der Waals surface area contributed by atoms with Gasteiger partial charge in [0.1, 0.15) is 5.75 Å². The van der Waals surface area contributed by atoms with Crippen molar-refractivity contribution in [1.29, 1.82) is 0 Å². The Morgan fingerprint density at radius 3 is 2.72 bits per heavy atom. The summed E-state index contributed by atoms with van der Waals surface area (Å²) >= 11 is 0. The number of carbonyl (C=O) groups is 1. The van der Waals surface area contributed by atoms with Crippen molar-refractivity contribution in [2.45, 2.75) is 32.6 Å². The quantitative estimate of drug-likeness (QED) is 0.822. The van der Waals surface area contributed by atoms with E-state index in [0.717, 1.165) is 36.1 Å². The van der Waals surface area contributed by atoms with Crippen molar-refractivity contribution in [3.05, 3.63) is 54.6 Å². The van der Waals surface area contributed by atoms with E-state index in [0.29, 0.717) is 11.7 Å². The summed E-state index contributed by atoms with van der Waals surface area (Å²) in [7, 11) is 0. The fourth-order valence-electron chi connectivity index (χ4n) is 3.13. The first kappa shape index (κ1) is 17.2. The van der Waals surface area contributed by atoms with Gasteiger partial charge in [0, 0.05) is 11.3 Å². The number of nitrogens with one attached hydrogen (secondary N) is 1. The number of hydrogen-bond donors (Lipinski definition) is 1. The number of amides is 1. The fourth-order valence-corrected chi connectivity index (χ4v) is 3.13. The lowest BCUT2D eigenvalue weighted by Crippen LogP contribution is -2.27. The van der Waals surface area contributed by atoms with Crippen molar-refractivity contribution in [1.82, 2.24) is 5.43 Å². The number of para-hydroxylation sites is 1. The predicted octanol–water partition coefficient (Wildman–Crippen LogP) is 4.41. The molecule has 2 aromatic rings. The smallest absolute Gasteiger partial charge is 0.277 e. The molecule has 0 aliphatic heterocycles. The highest BCUT2D eigenvalue weighted by molar-refractivity contribution is 5.87. The van der Waals surface area contributed by atoms with E-state index >= 15 is 0 Å². The van der Waals surface area contributed by atoms with Crippen LogP contribution in [0.15, 0.2) is 59.7 Å². The van der Waals surface area contributed by atoms with Crippen LogP contribution in [0, 0.1) is 5.92 Å². The summed E-state index contributed by atoms with van der Waals surface area (Å²) in [5, 5.41) is 4.26. The third kappa shape index (κ3) is 4.92. The van der Waals surface area contributed by atoms with E-state index in [2.05, 4.69) is 17.5 Å². The second kappa shape index (κ2) is 8.47. The zero-order chi connectivity index (χ0) is 17.5. The van der Waals surface area contributed by atoms with Crippen LogP contribution < -0.4 is 10.2 Å². The summed E-state index contributed by atoms with van der Waals surface area (Å²) in [6.07, 6.45) is 4.34. The minimum atomic E-state index is -0.228. The van der Waals surface area contributed by atoms with Crippen LogP contribution in [0.25, 0.3) is 11.1 Å². The van der Waals surface area contributed by atoms with Crippen molar-refractivity contribution >= 4 is 11.6 Å². The van der Waals surface area contributed by atoms with Crippen LogP contribution >= 0.6 is 0 Å². The van der Waals surface area contributed by atoms with Crippen LogP contribution in [0.5, 0.6) is 5.75 Å². The molecule has 1 aliphatic rings. The van der Waals surface area contributed by atoms with E-state index in [1.165, 1.54) is 6.42 Å². The molecule has 0 radical (unpaired) electrons. The maximum atomic E-state index is 12.0. The molecule has 0 bridgehead atoms. The zero-order valence-electron chi connectivity index (χ0n) is 14.6. The molecule has 0 spiro atoms. The number of rotatable bonds is 5. The van der Waals surface area contributed by atoms with E-state index < -0.39 is 0 Å². The van der Waals surface area contributed by atoms with E-state index in [9.17, 15) is 4.79 Å². The molecule has 1 atom stereocenters. The molecule has 1 saturated carbocycles. The Morgan fingerprint density at radius 1 is 1.16 bits per heavy atom. The molecule has 4 heteroatoms. The monoisotopic (exact) mass is 336 g/mol. The molecule has 0 saturated heterocycles. The Bertz CT molecular complexity index is 741. The maximum Gasteiger partial charge on any atom is 0.277 e. The number of hydrazone groups is 1. The molecule has 1 N–H and O–H groups in total. The van der Waals surface area contributed by atoms with Gasteiger partial charge in [0.2, 0.25) is 0 Å². The number of benzene rings is 2. The van der Waals surface area contributed by atoms with E-state index in [1.54, 1.807) is 0 Å². The highest BCUT2D eigenvalue weighted by atomic mass is 16.5. The lowest BCUT2D eigenvalue weighted by molar-refractivity contribution is -0.123. The number of ether oxygens (including phenoxy) is 1. The number of carbonyl (C=O) groups excluding carboxylic acids is 1. The van der Waals surface area contributed by atoms with Gasteiger partial charge in [-0.05, 0) is 43.2 Å². The molecule has 2 aromatic carbocycles. The van der Waals surface area contributed by atoms with E-state index in [1.807, 2.05) is 54.6 Å². The lowest BCUT2D eigenvalue weighted by Gasteiger charge is -2.19. The van der Waals surface area contributed by atoms with Crippen LogP contribution in [-0.4, -0.2) is 18.2 Å². The summed E-state index contributed by atoms with van der Waals surface area (Å²) in [4.78, 5) is 12.0. The molecule has 0 heterocycles. The average Bonchev–Trinajstić information content (AvgIpc) is 2.66. The van der Waals surface area contributed by atoms with Gasteiger partial charge in [-0.25, -0.2) is 5.43 Å².